The lowest BCUT2D eigenvalue weighted by molar-refractivity contribution is -0.116. The summed E-state index contributed by atoms with van der Waals surface area (Å²) in [6.07, 6.45) is 2.66. The second-order valence-electron chi connectivity index (χ2n) is 4.65. The maximum atomic E-state index is 11.8. The first-order chi connectivity index (χ1) is 10.1. The van der Waals surface area contributed by atoms with Crippen LogP contribution < -0.4 is 10.1 Å². The van der Waals surface area contributed by atoms with Gasteiger partial charge in [0.25, 0.3) is 0 Å². The lowest BCUT2D eigenvalue weighted by Gasteiger charge is -2.08. The first-order valence-corrected chi connectivity index (χ1v) is 7.13. The standard InChI is InChI=1S/C16H17ClN2O2/c1-12-8-9-18-15(11-12)19-16(20)7-4-10-21-14-6-3-2-5-13(14)17/h2-3,5-6,8-9,11H,4,7,10H2,1H3,(H,18,19,20). The Kier molecular flexibility index (Phi) is 5.58. The molecular formula is C16H17ClN2O2. The molecule has 0 fully saturated rings. The highest BCUT2D eigenvalue weighted by Crippen LogP contribution is 2.23. The third-order valence-electron chi connectivity index (χ3n) is 2.83. The molecule has 1 aromatic carbocycles. The van der Waals surface area contributed by atoms with Crippen molar-refractivity contribution in [1.29, 1.82) is 0 Å². The lowest BCUT2D eigenvalue weighted by Crippen LogP contribution is -2.13. The van der Waals surface area contributed by atoms with Gasteiger partial charge in [0.05, 0.1) is 11.6 Å². The highest BCUT2D eigenvalue weighted by Gasteiger charge is 2.04. The smallest absolute Gasteiger partial charge is 0.225 e. The Bertz CT molecular complexity index is 617. The first kappa shape index (κ1) is 15.3. The van der Waals surface area contributed by atoms with Gasteiger partial charge in [-0.15, -0.1) is 0 Å². The molecule has 2 aromatic rings. The van der Waals surface area contributed by atoms with Crippen molar-refractivity contribution >= 4 is 23.3 Å². The van der Waals surface area contributed by atoms with E-state index in [1.54, 1.807) is 18.3 Å². The number of para-hydroxylation sites is 1. The molecule has 0 aliphatic carbocycles. The van der Waals surface area contributed by atoms with E-state index in [-0.39, 0.29) is 5.91 Å². The summed E-state index contributed by atoms with van der Waals surface area (Å²) in [5, 5.41) is 3.34. The van der Waals surface area contributed by atoms with Gasteiger partial charge in [0.2, 0.25) is 5.91 Å². The zero-order valence-electron chi connectivity index (χ0n) is 11.8. The summed E-state index contributed by atoms with van der Waals surface area (Å²) >= 11 is 5.98. The summed E-state index contributed by atoms with van der Waals surface area (Å²) in [6.45, 7) is 2.40. The third-order valence-corrected chi connectivity index (χ3v) is 3.14. The lowest BCUT2D eigenvalue weighted by atomic mass is 10.3. The van der Waals surface area contributed by atoms with Crippen molar-refractivity contribution < 1.29 is 9.53 Å². The van der Waals surface area contributed by atoms with Crippen LogP contribution in [0.1, 0.15) is 18.4 Å². The molecule has 0 aliphatic rings. The Balaban J connectivity index is 1.71. The molecule has 1 aromatic heterocycles. The highest BCUT2D eigenvalue weighted by molar-refractivity contribution is 6.32. The molecule has 0 spiro atoms. The van der Waals surface area contributed by atoms with Crippen molar-refractivity contribution in [2.45, 2.75) is 19.8 Å². The maximum Gasteiger partial charge on any atom is 0.225 e. The van der Waals surface area contributed by atoms with Crippen LogP contribution in [0.25, 0.3) is 0 Å². The molecular weight excluding hydrogens is 288 g/mol. The van der Waals surface area contributed by atoms with Gasteiger partial charge in [-0.2, -0.15) is 0 Å². The average molecular weight is 305 g/mol. The summed E-state index contributed by atoms with van der Waals surface area (Å²) in [5.41, 5.74) is 1.06. The topological polar surface area (TPSA) is 51.2 Å². The van der Waals surface area contributed by atoms with Gasteiger partial charge >= 0.3 is 0 Å². The monoisotopic (exact) mass is 304 g/mol. The van der Waals surface area contributed by atoms with Crippen molar-refractivity contribution in [1.82, 2.24) is 4.98 Å². The van der Waals surface area contributed by atoms with E-state index in [0.717, 1.165) is 5.56 Å². The number of nitrogens with zero attached hydrogens (tertiary/aromatic N) is 1. The van der Waals surface area contributed by atoms with Gasteiger partial charge < -0.3 is 10.1 Å². The van der Waals surface area contributed by atoms with Crippen LogP contribution in [0, 0.1) is 6.92 Å². The van der Waals surface area contributed by atoms with Crippen molar-refractivity contribution in [2.75, 3.05) is 11.9 Å². The van der Waals surface area contributed by atoms with Crippen LogP contribution in [0.2, 0.25) is 5.02 Å². The molecule has 0 unspecified atom stereocenters. The largest absolute Gasteiger partial charge is 0.492 e. The fourth-order valence-electron chi connectivity index (χ4n) is 1.79. The number of hydrogen-bond donors (Lipinski definition) is 1. The Morgan fingerprint density at radius 2 is 2.14 bits per heavy atom. The number of benzene rings is 1. The molecule has 110 valence electrons. The summed E-state index contributed by atoms with van der Waals surface area (Å²) in [5.74, 6) is 1.14. The number of aromatic nitrogens is 1. The number of halogens is 1. The number of rotatable bonds is 6. The number of anilines is 1. The number of aryl methyl sites for hydroxylation is 1. The van der Waals surface area contributed by atoms with Gasteiger partial charge in [-0.05, 0) is 43.2 Å². The van der Waals surface area contributed by atoms with Crippen LogP contribution in [0.15, 0.2) is 42.6 Å². The molecule has 0 aliphatic heterocycles. The third kappa shape index (κ3) is 5.08. The zero-order chi connectivity index (χ0) is 15.1. The summed E-state index contributed by atoms with van der Waals surface area (Å²) in [7, 11) is 0. The number of carbonyl (C=O) groups excluding carboxylic acids is 1. The Hall–Kier alpha value is -2.07. The summed E-state index contributed by atoms with van der Waals surface area (Å²) in [6, 6.07) is 11.0. The molecule has 1 N–H and O–H groups in total. The quantitative estimate of drug-likeness (QED) is 0.825. The van der Waals surface area contributed by atoms with E-state index >= 15 is 0 Å². The van der Waals surface area contributed by atoms with Crippen LogP contribution in [-0.4, -0.2) is 17.5 Å². The summed E-state index contributed by atoms with van der Waals surface area (Å²) in [4.78, 5) is 15.9. The van der Waals surface area contributed by atoms with Crippen molar-refractivity contribution in [2.24, 2.45) is 0 Å². The minimum atomic E-state index is -0.0733. The molecule has 4 nitrogen and oxygen atoms in total. The van der Waals surface area contributed by atoms with Crippen LogP contribution >= 0.6 is 11.6 Å². The van der Waals surface area contributed by atoms with Gasteiger partial charge in [-0.25, -0.2) is 4.98 Å². The highest BCUT2D eigenvalue weighted by atomic mass is 35.5. The number of pyridine rings is 1. The molecule has 21 heavy (non-hydrogen) atoms. The van der Waals surface area contributed by atoms with E-state index in [4.69, 9.17) is 16.3 Å². The average Bonchev–Trinajstić information content (AvgIpc) is 2.45. The van der Waals surface area contributed by atoms with Gasteiger partial charge in [0.15, 0.2) is 0 Å². The van der Waals surface area contributed by atoms with Crippen molar-refractivity contribution in [3.8, 4) is 5.75 Å². The fourth-order valence-corrected chi connectivity index (χ4v) is 1.98. The Labute approximate surface area is 129 Å². The van der Waals surface area contributed by atoms with E-state index in [1.165, 1.54) is 0 Å². The van der Waals surface area contributed by atoms with Crippen LogP contribution in [-0.2, 0) is 4.79 Å². The molecule has 5 heteroatoms. The SMILES string of the molecule is Cc1ccnc(NC(=O)CCCOc2ccccc2Cl)c1. The minimum Gasteiger partial charge on any atom is -0.492 e. The summed E-state index contributed by atoms with van der Waals surface area (Å²) < 4.78 is 5.53. The van der Waals surface area contributed by atoms with E-state index in [0.29, 0.717) is 36.0 Å². The maximum absolute atomic E-state index is 11.8. The number of hydrogen-bond acceptors (Lipinski definition) is 3. The molecule has 0 saturated carbocycles. The predicted molar refractivity (Wildman–Crippen MR) is 83.8 cm³/mol. The molecule has 1 heterocycles. The Morgan fingerprint density at radius 3 is 2.90 bits per heavy atom. The van der Waals surface area contributed by atoms with Crippen molar-refractivity contribution in [3.05, 3.63) is 53.2 Å². The van der Waals surface area contributed by atoms with Crippen LogP contribution in [0.4, 0.5) is 5.82 Å². The normalized spacial score (nSPS) is 10.2. The fraction of sp³-hybridized carbons (Fsp3) is 0.250. The van der Waals surface area contributed by atoms with Gasteiger partial charge in [0, 0.05) is 12.6 Å². The van der Waals surface area contributed by atoms with Crippen LogP contribution in [0.5, 0.6) is 5.75 Å². The second kappa shape index (κ2) is 7.64. The Morgan fingerprint density at radius 1 is 1.33 bits per heavy atom. The molecule has 0 bridgehead atoms. The van der Waals surface area contributed by atoms with E-state index in [1.807, 2.05) is 31.2 Å². The van der Waals surface area contributed by atoms with E-state index in [9.17, 15) is 4.79 Å². The zero-order valence-corrected chi connectivity index (χ0v) is 12.6. The number of carbonyl (C=O) groups is 1. The van der Waals surface area contributed by atoms with Gasteiger partial charge in [-0.1, -0.05) is 23.7 Å². The van der Waals surface area contributed by atoms with Crippen LogP contribution in [0.3, 0.4) is 0 Å². The van der Waals surface area contributed by atoms with Gasteiger partial charge in [0.1, 0.15) is 11.6 Å². The number of nitrogens with one attached hydrogen (secondary N) is 1. The number of amides is 1. The molecule has 1 amide bonds. The second-order valence-corrected chi connectivity index (χ2v) is 5.06. The van der Waals surface area contributed by atoms with Gasteiger partial charge in [-0.3, -0.25) is 4.79 Å². The van der Waals surface area contributed by atoms with E-state index in [2.05, 4.69) is 10.3 Å². The first-order valence-electron chi connectivity index (χ1n) is 6.75. The molecule has 0 atom stereocenters. The number of ether oxygens (including phenoxy) is 1. The van der Waals surface area contributed by atoms with Crippen molar-refractivity contribution in [3.63, 3.8) is 0 Å². The van der Waals surface area contributed by atoms with E-state index < -0.39 is 0 Å². The molecule has 0 radical (unpaired) electrons. The molecule has 0 saturated heterocycles. The predicted octanol–water partition coefficient (Wildman–Crippen LogP) is 3.84. The minimum absolute atomic E-state index is 0.0733. The molecule has 2 rings (SSSR count).